The fourth-order valence-electron chi connectivity index (χ4n) is 2.90. The van der Waals surface area contributed by atoms with Gasteiger partial charge in [0, 0.05) is 51.4 Å². The van der Waals surface area contributed by atoms with E-state index in [2.05, 4.69) is 22.8 Å². The maximum Gasteiger partial charge on any atom is 0.183 e. The van der Waals surface area contributed by atoms with Gasteiger partial charge in [0.2, 0.25) is 0 Å². The molecule has 6 nitrogen and oxygen atoms in total. The summed E-state index contributed by atoms with van der Waals surface area (Å²) >= 11 is 0. The molecule has 2 aliphatic rings. The number of nitrogens with two attached hydrogens (primary N) is 2. The van der Waals surface area contributed by atoms with Crippen LogP contribution in [-0.4, -0.2) is 38.2 Å². The Morgan fingerprint density at radius 1 is 0.885 bits per heavy atom. The molecule has 26 heavy (non-hydrogen) atoms. The quantitative estimate of drug-likeness (QED) is 0.625. The Labute approximate surface area is 162 Å². The zero-order chi connectivity index (χ0) is 19.1. The highest BCUT2D eigenvalue weighted by molar-refractivity contribution is 8.77. The van der Waals surface area contributed by atoms with Gasteiger partial charge in [0.05, 0.1) is 13.2 Å². The number of methoxy groups -OCH3 is 2. The number of nitrogens with zero attached hydrogens (tertiary/aromatic N) is 2. The van der Waals surface area contributed by atoms with Gasteiger partial charge >= 0.3 is 0 Å². The summed E-state index contributed by atoms with van der Waals surface area (Å²) in [5, 5.41) is 23.3. The summed E-state index contributed by atoms with van der Waals surface area (Å²) in [5.74, 6) is 0. The molecule has 0 saturated heterocycles. The first-order chi connectivity index (χ1) is 12.5. The van der Waals surface area contributed by atoms with E-state index in [0.29, 0.717) is 13.2 Å². The van der Waals surface area contributed by atoms with E-state index in [1.807, 2.05) is 26.0 Å². The second kappa shape index (κ2) is 9.98. The predicted octanol–water partition coefficient (Wildman–Crippen LogP) is 0.915. The molecule has 0 radical (unpaired) electrons. The highest BCUT2D eigenvalue weighted by atomic mass is 33.1. The lowest BCUT2D eigenvalue weighted by molar-refractivity contribution is -0.614. The molecule has 2 heterocycles. The van der Waals surface area contributed by atoms with E-state index < -0.39 is 0 Å². The van der Waals surface area contributed by atoms with Crippen molar-refractivity contribution in [2.24, 2.45) is 0 Å². The number of quaternary nitrogens is 2. The Morgan fingerprint density at radius 2 is 1.27 bits per heavy atom. The molecule has 8 heteroatoms. The third kappa shape index (κ3) is 5.01. The van der Waals surface area contributed by atoms with E-state index in [-0.39, 0.29) is 10.7 Å². The number of allylic oxidation sites excluding steroid dienone is 2. The van der Waals surface area contributed by atoms with Crippen LogP contribution in [0.2, 0.25) is 0 Å². The minimum Gasteiger partial charge on any atom is -0.380 e. The average Bonchev–Trinajstić information content (AvgIpc) is 2.60. The minimum atomic E-state index is -0.0504. The zero-order valence-corrected chi connectivity index (χ0v) is 17.0. The number of rotatable bonds is 7. The first-order valence-corrected chi connectivity index (χ1v) is 10.4. The van der Waals surface area contributed by atoms with Gasteiger partial charge in [-0.25, -0.2) is 0 Å². The van der Waals surface area contributed by atoms with Gasteiger partial charge < -0.3 is 20.1 Å². The smallest absolute Gasteiger partial charge is 0.183 e. The van der Waals surface area contributed by atoms with Gasteiger partial charge in [-0.1, -0.05) is 0 Å². The van der Waals surface area contributed by atoms with Crippen molar-refractivity contribution in [2.75, 3.05) is 27.4 Å². The summed E-state index contributed by atoms with van der Waals surface area (Å²) < 4.78 is 10.5. The van der Waals surface area contributed by atoms with Crippen LogP contribution < -0.4 is 10.6 Å². The molecule has 2 atom stereocenters. The number of ether oxygens (including phenoxy) is 2. The molecule has 0 aromatic rings. The minimum absolute atomic E-state index is 0.0504. The van der Waals surface area contributed by atoms with Gasteiger partial charge in [0.1, 0.15) is 34.7 Å². The molecule has 138 valence electrons. The molecular formula is C18H24N4O2S2+2. The van der Waals surface area contributed by atoms with Crippen molar-refractivity contribution in [1.29, 1.82) is 10.5 Å². The second-order valence-corrected chi connectivity index (χ2v) is 8.67. The molecule has 0 amide bonds. The lowest BCUT2D eigenvalue weighted by Crippen LogP contribution is -2.89. The lowest BCUT2D eigenvalue weighted by Gasteiger charge is -2.24. The Morgan fingerprint density at radius 3 is 1.58 bits per heavy atom. The standard InChI is InChI=1S/C18H22N4O2S2/c1-11-5-13(9-23-3)15(7-19)17(21-11)25-26-18-16(8-20)14(10-24-4)6-12(2)22-18/h5-6,17-18,21-22H,9-10H2,1-4H3/p+2/t17-,18+. The molecule has 0 bridgehead atoms. The molecule has 0 unspecified atom stereocenters. The SMILES string of the molecule is COCC1=C(C#N)[C@@H](SS[C@@H]2[NH2+]C(C)=CC(COC)=C2C#N)[NH2+]C(C)=C1. The van der Waals surface area contributed by atoms with Crippen molar-refractivity contribution in [2.45, 2.75) is 24.6 Å². The number of hydrogen-bond donors (Lipinski definition) is 2. The Hall–Kier alpha value is -1.52. The van der Waals surface area contributed by atoms with E-state index in [0.717, 1.165) is 33.7 Å². The van der Waals surface area contributed by atoms with Gasteiger partial charge in [-0.15, -0.1) is 0 Å². The third-order valence-corrected chi connectivity index (χ3v) is 6.84. The van der Waals surface area contributed by atoms with Crippen LogP contribution in [0, 0.1) is 22.7 Å². The van der Waals surface area contributed by atoms with Crippen LogP contribution in [0.3, 0.4) is 0 Å². The Kier molecular flexibility index (Phi) is 7.98. The van der Waals surface area contributed by atoms with Crippen LogP contribution in [0.1, 0.15) is 13.8 Å². The third-order valence-electron chi connectivity index (χ3n) is 4.00. The summed E-state index contributed by atoms with van der Waals surface area (Å²) in [6.07, 6.45) is 4.00. The molecule has 2 aliphatic heterocycles. The molecule has 2 rings (SSSR count). The Balaban J connectivity index is 2.17. The molecule has 0 fully saturated rings. The van der Waals surface area contributed by atoms with Crippen molar-refractivity contribution < 1.29 is 20.1 Å². The maximum absolute atomic E-state index is 9.60. The molecule has 0 spiro atoms. The fourth-order valence-corrected chi connectivity index (χ4v) is 5.91. The summed E-state index contributed by atoms with van der Waals surface area (Å²) in [7, 11) is 6.49. The summed E-state index contributed by atoms with van der Waals surface area (Å²) in [6, 6.07) is 4.66. The van der Waals surface area contributed by atoms with Gasteiger partial charge in [0.15, 0.2) is 10.7 Å². The largest absolute Gasteiger partial charge is 0.380 e. The van der Waals surface area contributed by atoms with E-state index in [1.54, 1.807) is 35.8 Å². The summed E-state index contributed by atoms with van der Waals surface area (Å²) in [6.45, 7) is 4.90. The maximum atomic E-state index is 9.60. The molecule has 0 saturated carbocycles. The van der Waals surface area contributed by atoms with E-state index in [9.17, 15) is 10.5 Å². The summed E-state index contributed by atoms with van der Waals surface area (Å²) in [5.41, 5.74) is 5.53. The van der Waals surface area contributed by atoms with Crippen LogP contribution in [0.15, 0.2) is 45.8 Å². The first kappa shape index (κ1) is 20.8. The molecule has 0 aromatic heterocycles. The van der Waals surface area contributed by atoms with E-state index >= 15 is 0 Å². The predicted molar refractivity (Wildman–Crippen MR) is 103 cm³/mol. The number of nitriles is 2. The van der Waals surface area contributed by atoms with Crippen LogP contribution in [0.5, 0.6) is 0 Å². The molecule has 0 aromatic carbocycles. The number of hydrogen-bond acceptors (Lipinski definition) is 6. The van der Waals surface area contributed by atoms with Crippen molar-refractivity contribution >= 4 is 21.6 Å². The molecule has 4 N–H and O–H groups in total. The van der Waals surface area contributed by atoms with Crippen LogP contribution in [0.25, 0.3) is 0 Å². The van der Waals surface area contributed by atoms with Crippen LogP contribution in [0.4, 0.5) is 0 Å². The molecular weight excluding hydrogens is 368 g/mol. The van der Waals surface area contributed by atoms with Crippen molar-refractivity contribution in [1.82, 2.24) is 0 Å². The van der Waals surface area contributed by atoms with Gasteiger partial charge in [-0.05, 0) is 21.6 Å². The normalized spacial score (nSPS) is 23.3. The van der Waals surface area contributed by atoms with Crippen molar-refractivity contribution in [3.05, 3.63) is 45.8 Å². The highest BCUT2D eigenvalue weighted by Gasteiger charge is 2.32. The van der Waals surface area contributed by atoms with Crippen molar-refractivity contribution in [3.8, 4) is 12.1 Å². The highest BCUT2D eigenvalue weighted by Crippen LogP contribution is 2.35. The van der Waals surface area contributed by atoms with E-state index in [4.69, 9.17) is 9.47 Å². The van der Waals surface area contributed by atoms with Gasteiger partial charge in [0.25, 0.3) is 0 Å². The molecule has 0 aliphatic carbocycles. The average molecular weight is 393 g/mol. The second-order valence-electron chi connectivity index (χ2n) is 6.11. The lowest BCUT2D eigenvalue weighted by atomic mass is 10.1. The van der Waals surface area contributed by atoms with Gasteiger partial charge in [-0.3, -0.25) is 0 Å². The monoisotopic (exact) mass is 392 g/mol. The van der Waals surface area contributed by atoms with Crippen molar-refractivity contribution in [3.63, 3.8) is 0 Å². The van der Waals surface area contributed by atoms with Crippen LogP contribution in [-0.2, 0) is 9.47 Å². The van der Waals surface area contributed by atoms with Crippen LogP contribution >= 0.6 is 21.6 Å². The van der Waals surface area contributed by atoms with E-state index in [1.165, 1.54) is 0 Å². The zero-order valence-electron chi connectivity index (χ0n) is 15.4. The van der Waals surface area contributed by atoms with Gasteiger partial charge in [-0.2, -0.15) is 10.5 Å². The summed E-state index contributed by atoms with van der Waals surface area (Å²) in [4.78, 5) is 0. The Bertz CT molecular complexity index is 692. The first-order valence-electron chi connectivity index (χ1n) is 8.16. The topological polar surface area (TPSA) is 99.3 Å². The fraction of sp³-hybridized carbons (Fsp3) is 0.444.